The summed E-state index contributed by atoms with van der Waals surface area (Å²) in [7, 11) is 0. The van der Waals surface area contributed by atoms with E-state index in [2.05, 4.69) is 4.98 Å². The first-order chi connectivity index (χ1) is 13.0. The minimum atomic E-state index is -0.509. The molecule has 1 saturated carbocycles. The van der Waals surface area contributed by atoms with Crippen molar-refractivity contribution in [1.82, 2.24) is 4.98 Å². The average Bonchev–Trinajstić information content (AvgIpc) is 3.05. The largest absolute Gasteiger partial charge is 0.490 e. The van der Waals surface area contributed by atoms with Gasteiger partial charge in [0, 0.05) is 29.0 Å². The fourth-order valence-corrected chi connectivity index (χ4v) is 5.65. The van der Waals surface area contributed by atoms with Crippen molar-refractivity contribution in [2.24, 2.45) is 16.6 Å². The molecule has 0 radical (unpaired) electrons. The smallest absolute Gasteiger partial charge is 0.154 e. The second-order valence-corrected chi connectivity index (χ2v) is 8.49. The number of halogens is 1. The molecule has 4 atom stereocenters. The van der Waals surface area contributed by atoms with Crippen LogP contribution in [0.3, 0.4) is 0 Å². The van der Waals surface area contributed by atoms with Gasteiger partial charge in [-0.2, -0.15) is 0 Å². The van der Waals surface area contributed by atoms with E-state index < -0.39 is 5.54 Å². The zero-order chi connectivity index (χ0) is 18.6. The molecule has 1 spiro atoms. The van der Waals surface area contributed by atoms with Crippen molar-refractivity contribution in [3.05, 3.63) is 48.0 Å². The van der Waals surface area contributed by atoms with Gasteiger partial charge in [0.2, 0.25) is 0 Å². The fourth-order valence-electron chi connectivity index (χ4n) is 4.62. The number of benzene rings is 1. The topological polar surface area (TPSA) is 80.7 Å². The Kier molecular flexibility index (Phi) is 3.91. The molecule has 1 aromatic heterocycles. The van der Waals surface area contributed by atoms with E-state index in [0.717, 1.165) is 35.5 Å². The van der Waals surface area contributed by atoms with Gasteiger partial charge in [-0.1, -0.05) is 17.8 Å². The van der Waals surface area contributed by atoms with E-state index in [1.807, 2.05) is 18.2 Å². The molecule has 2 aliphatic heterocycles. The Hall–Kier alpha value is -2.12. The molecule has 0 amide bonds. The number of nitrogens with two attached hydrogens (primary N) is 1. The zero-order valence-corrected chi connectivity index (χ0v) is 15.5. The number of nitrogens with zero attached hydrogens (tertiary/aromatic N) is 2. The number of aliphatic hydroxyl groups is 1. The molecule has 3 aliphatic rings. The molecule has 1 aliphatic carbocycles. The summed E-state index contributed by atoms with van der Waals surface area (Å²) in [5, 5.41) is 10.8. The Bertz CT molecular complexity index is 937. The number of fused-ring (bicyclic) bond motifs is 4. The summed E-state index contributed by atoms with van der Waals surface area (Å²) in [5.74, 6) is 1.24. The Balaban J connectivity index is 1.66. The van der Waals surface area contributed by atoms with Crippen LogP contribution >= 0.6 is 11.8 Å². The van der Waals surface area contributed by atoms with Crippen molar-refractivity contribution in [3.8, 4) is 16.9 Å². The average molecular weight is 385 g/mol. The maximum atomic E-state index is 13.6. The number of rotatable bonds is 1. The van der Waals surface area contributed by atoms with Gasteiger partial charge in [-0.25, -0.2) is 9.38 Å². The number of pyridine rings is 1. The van der Waals surface area contributed by atoms with Crippen molar-refractivity contribution in [2.45, 2.75) is 37.0 Å². The van der Waals surface area contributed by atoms with Crippen LogP contribution in [0.1, 0.15) is 24.8 Å². The maximum absolute atomic E-state index is 13.6. The SMILES string of the molecule is NC1=N[C@@]2(CS1)c1cc(-c3cncc(F)c3)ccc1OC1CC[C@H](O)C[C@@H]12. The molecular weight excluding hydrogens is 365 g/mol. The predicted octanol–water partition coefficient (Wildman–Crippen LogP) is 3.07. The van der Waals surface area contributed by atoms with Crippen LogP contribution in [0.15, 0.2) is 41.7 Å². The van der Waals surface area contributed by atoms with Gasteiger partial charge in [-0.15, -0.1) is 0 Å². The van der Waals surface area contributed by atoms with Crippen LogP contribution in [0.25, 0.3) is 11.1 Å². The van der Waals surface area contributed by atoms with E-state index >= 15 is 0 Å². The summed E-state index contributed by atoms with van der Waals surface area (Å²) in [5.41, 5.74) is 8.10. The standard InChI is InChI=1S/C20H20FN3O2S/c21-13-5-12(8-23-9-13)11-1-3-17-15(6-11)20(10-27-19(22)24-20)16-7-14(25)2-4-18(16)26-17/h1,3,5-6,8-9,14,16,18,25H,2,4,7,10H2,(H2,22,24)/t14-,16-,18?,20-/m0/s1. The fraction of sp³-hybridized carbons (Fsp3) is 0.400. The van der Waals surface area contributed by atoms with Crippen LogP contribution < -0.4 is 10.5 Å². The van der Waals surface area contributed by atoms with E-state index in [-0.39, 0.29) is 23.9 Å². The van der Waals surface area contributed by atoms with Gasteiger partial charge in [-0.05, 0) is 43.0 Å². The lowest BCUT2D eigenvalue weighted by molar-refractivity contribution is -0.0236. The van der Waals surface area contributed by atoms with Crippen molar-refractivity contribution in [2.75, 3.05) is 5.75 Å². The van der Waals surface area contributed by atoms with Gasteiger partial charge >= 0.3 is 0 Å². The lowest BCUT2D eigenvalue weighted by Crippen LogP contribution is -2.51. The monoisotopic (exact) mass is 385 g/mol. The molecule has 1 aromatic carbocycles. The Morgan fingerprint density at radius 2 is 2.11 bits per heavy atom. The first-order valence-electron chi connectivity index (χ1n) is 9.13. The quantitative estimate of drug-likeness (QED) is 0.789. The molecule has 2 aromatic rings. The van der Waals surface area contributed by atoms with Crippen molar-refractivity contribution in [1.29, 1.82) is 0 Å². The summed E-state index contributed by atoms with van der Waals surface area (Å²) >= 11 is 1.55. The molecule has 7 heteroatoms. The molecule has 140 valence electrons. The van der Waals surface area contributed by atoms with Crippen LogP contribution in [-0.2, 0) is 5.54 Å². The third kappa shape index (κ3) is 2.72. The first-order valence-corrected chi connectivity index (χ1v) is 10.1. The molecule has 5 rings (SSSR count). The number of aliphatic imine (C=N–C) groups is 1. The molecule has 0 bridgehead atoms. The molecule has 0 saturated heterocycles. The normalized spacial score (nSPS) is 31.8. The summed E-state index contributed by atoms with van der Waals surface area (Å²) in [4.78, 5) is 8.83. The Morgan fingerprint density at radius 3 is 2.89 bits per heavy atom. The van der Waals surface area contributed by atoms with Gasteiger partial charge in [0.05, 0.1) is 12.3 Å². The highest BCUT2D eigenvalue weighted by Gasteiger charge is 2.54. The summed E-state index contributed by atoms with van der Waals surface area (Å²) in [6, 6.07) is 7.36. The summed E-state index contributed by atoms with van der Waals surface area (Å²) < 4.78 is 19.9. The van der Waals surface area contributed by atoms with Gasteiger partial charge < -0.3 is 15.6 Å². The van der Waals surface area contributed by atoms with E-state index in [9.17, 15) is 9.50 Å². The second-order valence-electron chi connectivity index (χ2n) is 7.50. The molecule has 1 fully saturated rings. The van der Waals surface area contributed by atoms with Gasteiger partial charge in [0.1, 0.15) is 23.2 Å². The number of hydrogen-bond donors (Lipinski definition) is 2. The number of aromatic nitrogens is 1. The van der Waals surface area contributed by atoms with E-state index in [1.165, 1.54) is 12.3 Å². The lowest BCUT2D eigenvalue weighted by atomic mass is 9.68. The lowest BCUT2D eigenvalue weighted by Gasteiger charge is -2.48. The van der Waals surface area contributed by atoms with Crippen LogP contribution in [0.5, 0.6) is 5.75 Å². The minimum Gasteiger partial charge on any atom is -0.490 e. The Labute approximate surface area is 160 Å². The van der Waals surface area contributed by atoms with Gasteiger partial charge in [0.15, 0.2) is 5.17 Å². The summed E-state index contributed by atoms with van der Waals surface area (Å²) in [6.45, 7) is 0. The van der Waals surface area contributed by atoms with Crippen molar-refractivity contribution >= 4 is 16.9 Å². The third-order valence-electron chi connectivity index (χ3n) is 5.88. The molecule has 27 heavy (non-hydrogen) atoms. The maximum Gasteiger partial charge on any atom is 0.154 e. The molecular formula is C20H20FN3O2S. The molecule has 5 nitrogen and oxygen atoms in total. The number of thioether (sulfide) groups is 1. The number of ether oxygens (including phenoxy) is 1. The van der Waals surface area contributed by atoms with E-state index in [0.29, 0.717) is 17.2 Å². The summed E-state index contributed by atoms with van der Waals surface area (Å²) in [6.07, 6.45) is 4.72. The predicted molar refractivity (Wildman–Crippen MR) is 103 cm³/mol. The number of hydrogen-bond acceptors (Lipinski definition) is 6. The van der Waals surface area contributed by atoms with Crippen LogP contribution in [0, 0.1) is 11.7 Å². The van der Waals surface area contributed by atoms with E-state index in [4.69, 9.17) is 15.5 Å². The highest BCUT2D eigenvalue weighted by atomic mass is 32.2. The van der Waals surface area contributed by atoms with Crippen molar-refractivity contribution in [3.63, 3.8) is 0 Å². The van der Waals surface area contributed by atoms with Crippen LogP contribution in [0.4, 0.5) is 4.39 Å². The van der Waals surface area contributed by atoms with Gasteiger partial charge in [-0.3, -0.25) is 4.98 Å². The molecule has 1 unspecified atom stereocenters. The van der Waals surface area contributed by atoms with Crippen LogP contribution in [-0.4, -0.2) is 33.2 Å². The molecule has 3 N–H and O–H groups in total. The Morgan fingerprint density at radius 1 is 1.22 bits per heavy atom. The minimum absolute atomic E-state index is 0.0258. The van der Waals surface area contributed by atoms with Crippen LogP contribution in [0.2, 0.25) is 0 Å². The molecule has 3 heterocycles. The van der Waals surface area contributed by atoms with E-state index in [1.54, 1.807) is 18.0 Å². The number of amidine groups is 1. The highest BCUT2D eigenvalue weighted by molar-refractivity contribution is 8.14. The third-order valence-corrected chi connectivity index (χ3v) is 6.86. The zero-order valence-electron chi connectivity index (χ0n) is 14.6. The van der Waals surface area contributed by atoms with Gasteiger partial charge in [0.25, 0.3) is 0 Å². The number of aliphatic hydroxyl groups excluding tert-OH is 1. The highest BCUT2D eigenvalue weighted by Crippen LogP contribution is 2.54. The second kappa shape index (κ2) is 6.21. The van der Waals surface area contributed by atoms with Crippen molar-refractivity contribution < 1.29 is 14.2 Å². The first kappa shape index (κ1) is 17.0.